The fourth-order valence-electron chi connectivity index (χ4n) is 4.63. The zero-order chi connectivity index (χ0) is 29.9. The zero-order valence-corrected chi connectivity index (χ0v) is 23.9. The first kappa shape index (κ1) is 32.6. The van der Waals surface area contributed by atoms with Crippen LogP contribution < -0.4 is 4.74 Å². The number of nitrogens with zero attached hydrogens (tertiary/aromatic N) is 2. The van der Waals surface area contributed by atoms with Gasteiger partial charge in [-0.05, 0) is 75.1 Å². The van der Waals surface area contributed by atoms with Gasteiger partial charge in [-0.15, -0.1) is 13.2 Å². The van der Waals surface area contributed by atoms with E-state index in [4.69, 9.17) is 9.53 Å². The highest BCUT2D eigenvalue weighted by Crippen LogP contribution is 2.41. The van der Waals surface area contributed by atoms with Crippen LogP contribution in [-0.2, 0) is 11.0 Å². The van der Waals surface area contributed by atoms with Gasteiger partial charge in [-0.2, -0.15) is 13.2 Å². The van der Waals surface area contributed by atoms with Crippen molar-refractivity contribution >= 4 is 28.7 Å². The number of piperidine rings is 1. The molecule has 0 spiro atoms. The molecular formula is C32H40F3N3O2. The molecule has 2 aromatic heterocycles. The number of nitrogens with one attached hydrogen (secondary N) is 1. The predicted octanol–water partition coefficient (Wildman–Crippen LogP) is 8.46. The molecule has 0 bridgehead atoms. The van der Waals surface area contributed by atoms with Gasteiger partial charge < -0.3 is 19.4 Å². The normalized spacial score (nSPS) is 13.9. The number of aromatic nitrogens is 2. The van der Waals surface area contributed by atoms with Crippen LogP contribution in [0.15, 0.2) is 61.8 Å². The van der Waals surface area contributed by atoms with Crippen molar-refractivity contribution in [2.75, 3.05) is 26.7 Å². The predicted molar refractivity (Wildman–Crippen MR) is 159 cm³/mol. The lowest BCUT2D eigenvalue weighted by molar-refractivity contribution is -0.137. The summed E-state index contributed by atoms with van der Waals surface area (Å²) in [6.07, 6.45) is -0.186. The number of H-pyrrole nitrogens is 1. The number of pyridine rings is 1. The number of hydrogen-bond acceptors (Lipinski definition) is 4. The number of hydrogen-bond donors (Lipinski definition) is 1. The highest BCUT2D eigenvalue weighted by atomic mass is 19.4. The first-order valence-electron chi connectivity index (χ1n) is 13.4. The van der Waals surface area contributed by atoms with Crippen molar-refractivity contribution in [3.05, 3.63) is 72.9 Å². The Kier molecular flexibility index (Phi) is 12.4. The molecular weight excluding hydrogens is 515 g/mol. The zero-order valence-electron chi connectivity index (χ0n) is 23.9. The van der Waals surface area contributed by atoms with Crippen molar-refractivity contribution in [3.63, 3.8) is 0 Å². The number of halogens is 3. The summed E-state index contributed by atoms with van der Waals surface area (Å²) in [6, 6.07) is 13.0. The van der Waals surface area contributed by atoms with E-state index in [9.17, 15) is 13.2 Å². The van der Waals surface area contributed by atoms with Gasteiger partial charge in [-0.25, -0.2) is 4.98 Å². The largest absolute Gasteiger partial charge is 0.491 e. The first-order chi connectivity index (χ1) is 19.2. The molecule has 216 valence electrons. The summed E-state index contributed by atoms with van der Waals surface area (Å²) in [5, 5.41) is 1.15. The van der Waals surface area contributed by atoms with Gasteiger partial charge in [-0.3, -0.25) is 0 Å². The van der Waals surface area contributed by atoms with Crippen LogP contribution in [0.2, 0.25) is 0 Å². The number of aryl methyl sites for hydroxylation is 1. The maximum atomic E-state index is 13.5. The van der Waals surface area contributed by atoms with Crippen LogP contribution in [0.3, 0.4) is 0 Å². The van der Waals surface area contributed by atoms with Crippen LogP contribution in [0.4, 0.5) is 13.2 Å². The number of fused-ring (bicyclic) bond motifs is 3. The lowest BCUT2D eigenvalue weighted by atomic mass is 9.97. The Labute approximate surface area is 235 Å². The SMILES string of the molecule is C=C.C=O.CCC.Cc1cccc(-c2ccc(OCC3CCN(C)CC3)c3[nH]c4ncc(C(F)(F)F)cc4c23)c1. The molecule has 2 aromatic carbocycles. The minimum Gasteiger partial charge on any atom is -0.491 e. The molecule has 8 heteroatoms. The van der Waals surface area contributed by atoms with E-state index in [0.29, 0.717) is 40.2 Å². The number of carbonyl (C=O) groups is 1. The summed E-state index contributed by atoms with van der Waals surface area (Å²) < 4.78 is 46.6. The van der Waals surface area contributed by atoms with E-state index in [1.807, 2.05) is 50.1 Å². The molecule has 5 rings (SSSR count). The van der Waals surface area contributed by atoms with Crippen LogP contribution in [0, 0.1) is 12.8 Å². The second-order valence-corrected chi connectivity index (χ2v) is 9.74. The molecule has 1 N–H and O–H groups in total. The number of aromatic amines is 1. The Hall–Kier alpha value is -3.65. The van der Waals surface area contributed by atoms with Crippen molar-refractivity contribution in [1.82, 2.24) is 14.9 Å². The molecule has 40 heavy (non-hydrogen) atoms. The Bertz CT molecular complexity index is 1360. The van der Waals surface area contributed by atoms with Gasteiger partial charge >= 0.3 is 6.18 Å². The molecule has 0 unspecified atom stereocenters. The third-order valence-electron chi connectivity index (χ3n) is 6.54. The van der Waals surface area contributed by atoms with Crippen LogP contribution in [0.1, 0.15) is 44.2 Å². The summed E-state index contributed by atoms with van der Waals surface area (Å²) in [5.41, 5.74) is 3.22. The van der Waals surface area contributed by atoms with Gasteiger partial charge in [0.05, 0.1) is 17.7 Å². The molecule has 5 nitrogen and oxygen atoms in total. The lowest BCUT2D eigenvalue weighted by Crippen LogP contribution is -2.32. The Morgan fingerprint density at radius 1 is 1.07 bits per heavy atom. The van der Waals surface area contributed by atoms with Crippen molar-refractivity contribution in [2.45, 2.75) is 46.2 Å². The number of rotatable bonds is 4. The van der Waals surface area contributed by atoms with Gasteiger partial charge in [0.2, 0.25) is 0 Å². The average molecular weight is 556 g/mol. The van der Waals surface area contributed by atoms with E-state index in [0.717, 1.165) is 48.8 Å². The van der Waals surface area contributed by atoms with Crippen molar-refractivity contribution in [2.24, 2.45) is 5.92 Å². The van der Waals surface area contributed by atoms with Crippen LogP contribution in [0.25, 0.3) is 33.1 Å². The highest BCUT2D eigenvalue weighted by molar-refractivity contribution is 6.15. The van der Waals surface area contributed by atoms with E-state index in [1.54, 1.807) is 0 Å². The minimum atomic E-state index is -4.46. The molecule has 1 aliphatic heterocycles. The van der Waals surface area contributed by atoms with Gasteiger partial charge in [0.1, 0.15) is 18.2 Å². The summed E-state index contributed by atoms with van der Waals surface area (Å²) >= 11 is 0. The van der Waals surface area contributed by atoms with Crippen LogP contribution in [0.5, 0.6) is 5.75 Å². The third-order valence-corrected chi connectivity index (χ3v) is 6.54. The quantitative estimate of drug-likeness (QED) is 0.257. The van der Waals surface area contributed by atoms with E-state index >= 15 is 0 Å². The maximum Gasteiger partial charge on any atom is 0.417 e. The molecule has 1 aliphatic rings. The molecule has 1 fully saturated rings. The standard InChI is InChI=1S/C26H26F3N3O.C3H8.C2H4.CH2O/c1-16-4-3-5-18(12-16)20-6-7-22(33-15-17-8-10-32(2)11-9-17)24-23(20)21-13-19(26(27,28)29)14-30-25(21)31-24;1-3-2;2*1-2/h3-7,12-14,17H,8-11,15H2,1-2H3,(H,30,31);3H2,1-2H3;1-2H2;1H2. The first-order valence-corrected chi connectivity index (χ1v) is 13.4. The fraction of sp³-hybridized carbons (Fsp3) is 0.375. The maximum absolute atomic E-state index is 13.5. The number of likely N-dealkylation sites (tertiary alicyclic amines) is 1. The smallest absolute Gasteiger partial charge is 0.417 e. The van der Waals surface area contributed by atoms with E-state index in [2.05, 4.69) is 48.9 Å². The molecule has 1 saturated heterocycles. The fourth-order valence-corrected chi connectivity index (χ4v) is 4.63. The molecule has 0 aliphatic carbocycles. The van der Waals surface area contributed by atoms with Crippen LogP contribution in [-0.4, -0.2) is 48.4 Å². The highest BCUT2D eigenvalue weighted by Gasteiger charge is 2.32. The van der Waals surface area contributed by atoms with Gasteiger partial charge in [-0.1, -0.05) is 50.1 Å². The molecule has 0 atom stereocenters. The van der Waals surface area contributed by atoms with Gasteiger partial charge in [0.25, 0.3) is 0 Å². The van der Waals surface area contributed by atoms with Gasteiger partial charge in [0.15, 0.2) is 0 Å². The van der Waals surface area contributed by atoms with E-state index < -0.39 is 11.7 Å². The second kappa shape index (κ2) is 15.2. The molecule has 3 heterocycles. The Balaban J connectivity index is 0.000000737. The Morgan fingerprint density at radius 2 is 1.73 bits per heavy atom. The Morgan fingerprint density at radius 3 is 2.33 bits per heavy atom. The van der Waals surface area contributed by atoms with E-state index in [1.165, 1.54) is 12.5 Å². The topological polar surface area (TPSA) is 58.2 Å². The third kappa shape index (κ3) is 7.94. The number of alkyl halides is 3. The summed E-state index contributed by atoms with van der Waals surface area (Å²) in [5.74, 6) is 1.11. The number of ether oxygens (including phenoxy) is 1. The number of carbonyl (C=O) groups excluding carboxylic acids is 1. The molecule has 0 saturated carbocycles. The van der Waals surface area contributed by atoms with Crippen molar-refractivity contribution in [3.8, 4) is 16.9 Å². The van der Waals surface area contributed by atoms with E-state index in [-0.39, 0.29) is 0 Å². The average Bonchev–Trinajstić information content (AvgIpc) is 3.34. The second-order valence-electron chi connectivity index (χ2n) is 9.74. The van der Waals surface area contributed by atoms with Gasteiger partial charge in [0, 0.05) is 17.0 Å². The number of benzene rings is 2. The molecule has 0 radical (unpaired) electrons. The summed E-state index contributed by atoms with van der Waals surface area (Å²) in [7, 11) is 2.12. The minimum absolute atomic E-state index is 0.419. The van der Waals surface area contributed by atoms with Crippen LogP contribution >= 0.6 is 0 Å². The monoisotopic (exact) mass is 555 g/mol. The van der Waals surface area contributed by atoms with Crippen molar-refractivity contribution in [1.29, 1.82) is 0 Å². The molecule has 4 aromatic rings. The summed E-state index contributed by atoms with van der Waals surface area (Å²) in [4.78, 5) is 17.6. The summed E-state index contributed by atoms with van der Waals surface area (Å²) in [6.45, 7) is 16.9. The van der Waals surface area contributed by atoms with Crippen molar-refractivity contribution < 1.29 is 22.7 Å². The lowest BCUT2D eigenvalue weighted by Gasteiger charge is -2.28. The molecule has 0 amide bonds.